The van der Waals surface area contributed by atoms with E-state index in [0.717, 1.165) is 51.9 Å². The molecule has 0 saturated heterocycles. The van der Waals surface area contributed by atoms with Crippen LogP contribution in [0.5, 0.6) is 23.0 Å². The lowest BCUT2D eigenvalue weighted by molar-refractivity contribution is 0.247. The van der Waals surface area contributed by atoms with Crippen LogP contribution in [0, 0.1) is 0 Å². The molecule has 6 nitrogen and oxygen atoms in total. The fraction of sp³-hybridized carbons (Fsp3) is 0.188. The molecule has 5 rings (SSSR count). The van der Waals surface area contributed by atoms with E-state index in [9.17, 15) is 0 Å². The molecule has 0 aromatic heterocycles. The summed E-state index contributed by atoms with van der Waals surface area (Å²) in [6.45, 7) is 2.04. The lowest BCUT2D eigenvalue weighted by Crippen LogP contribution is -2.07. The second kappa shape index (κ2) is 13.1. The van der Waals surface area contributed by atoms with Crippen molar-refractivity contribution in [3.8, 4) is 23.0 Å². The Balaban J connectivity index is 1.37. The van der Waals surface area contributed by atoms with Crippen molar-refractivity contribution in [2.45, 2.75) is 12.8 Å². The topological polar surface area (TPSA) is 61.6 Å². The van der Waals surface area contributed by atoms with Gasteiger partial charge in [-0.15, -0.1) is 0 Å². The third-order valence-electron chi connectivity index (χ3n) is 5.86. The Morgan fingerprint density at radius 1 is 0.395 bits per heavy atom. The van der Waals surface area contributed by atoms with Gasteiger partial charge in [0.1, 0.15) is 34.4 Å². The molecule has 1 aliphatic rings. The van der Waals surface area contributed by atoms with Crippen molar-refractivity contribution in [2.24, 2.45) is 9.98 Å². The number of hydrogen-bond acceptors (Lipinski definition) is 6. The van der Waals surface area contributed by atoms with Crippen LogP contribution in [0.25, 0.3) is 0 Å². The molecule has 0 bridgehead atoms. The summed E-state index contributed by atoms with van der Waals surface area (Å²) in [7, 11) is 0. The molecule has 38 heavy (non-hydrogen) atoms. The van der Waals surface area contributed by atoms with E-state index in [1.807, 2.05) is 109 Å². The predicted octanol–water partition coefficient (Wildman–Crippen LogP) is 7.20. The Hall–Kier alpha value is -4.58. The zero-order valence-electron chi connectivity index (χ0n) is 21.2. The first-order chi connectivity index (χ1) is 18.9. The van der Waals surface area contributed by atoms with Gasteiger partial charge in [0.25, 0.3) is 0 Å². The molecule has 0 N–H and O–H groups in total. The summed E-state index contributed by atoms with van der Waals surface area (Å²) in [6, 6.07) is 31.3. The van der Waals surface area contributed by atoms with Crippen LogP contribution < -0.4 is 18.9 Å². The number of aliphatic imine (C=N–C) groups is 2. The molecule has 0 atom stereocenters. The maximum atomic E-state index is 6.07. The predicted molar refractivity (Wildman–Crippen MR) is 151 cm³/mol. The highest BCUT2D eigenvalue weighted by atomic mass is 16.5. The molecular weight excluding hydrogens is 476 g/mol. The molecule has 0 radical (unpaired) electrons. The molecule has 0 amide bonds. The first-order valence-electron chi connectivity index (χ1n) is 12.8. The fourth-order valence-electron chi connectivity index (χ4n) is 3.93. The summed E-state index contributed by atoms with van der Waals surface area (Å²) < 4.78 is 24.2. The highest BCUT2D eigenvalue weighted by Gasteiger charge is 2.07. The van der Waals surface area contributed by atoms with Crippen LogP contribution in [-0.4, -0.2) is 38.9 Å². The number of benzene rings is 4. The van der Waals surface area contributed by atoms with Gasteiger partial charge in [0, 0.05) is 36.4 Å². The minimum Gasteiger partial charge on any atom is -0.493 e. The smallest absolute Gasteiger partial charge is 0.144 e. The van der Waals surface area contributed by atoms with Crippen molar-refractivity contribution < 1.29 is 18.9 Å². The first-order valence-corrected chi connectivity index (χ1v) is 12.8. The Morgan fingerprint density at radius 2 is 0.737 bits per heavy atom. The molecule has 1 aliphatic heterocycles. The second-order valence-electron chi connectivity index (χ2n) is 8.63. The normalized spacial score (nSPS) is 14.3. The molecule has 0 unspecified atom stereocenters. The average Bonchev–Trinajstić information content (AvgIpc) is 2.96. The van der Waals surface area contributed by atoms with E-state index in [-0.39, 0.29) is 0 Å². The van der Waals surface area contributed by atoms with E-state index in [4.69, 9.17) is 28.9 Å². The van der Waals surface area contributed by atoms with Crippen LogP contribution in [0.2, 0.25) is 0 Å². The van der Waals surface area contributed by atoms with Crippen LogP contribution in [0.15, 0.2) is 107 Å². The lowest BCUT2D eigenvalue weighted by Gasteiger charge is -2.12. The number of rotatable bonds is 0. The number of para-hydroxylation sites is 6. The van der Waals surface area contributed by atoms with Crippen molar-refractivity contribution in [3.63, 3.8) is 0 Å². The number of hydrogen-bond donors (Lipinski definition) is 0. The van der Waals surface area contributed by atoms with E-state index >= 15 is 0 Å². The van der Waals surface area contributed by atoms with E-state index in [1.54, 1.807) is 0 Å². The second-order valence-corrected chi connectivity index (χ2v) is 8.63. The zero-order valence-corrected chi connectivity index (χ0v) is 21.2. The van der Waals surface area contributed by atoms with Gasteiger partial charge in [-0.05, 0) is 48.5 Å². The van der Waals surface area contributed by atoms with Crippen molar-refractivity contribution in [1.82, 2.24) is 0 Å². The van der Waals surface area contributed by atoms with E-state index in [1.165, 1.54) is 0 Å². The van der Waals surface area contributed by atoms with E-state index < -0.39 is 0 Å². The van der Waals surface area contributed by atoms with Crippen LogP contribution in [0.1, 0.15) is 24.0 Å². The molecule has 0 fully saturated rings. The van der Waals surface area contributed by atoms with Gasteiger partial charge in [0.05, 0.1) is 26.4 Å². The molecule has 4 aromatic carbocycles. The van der Waals surface area contributed by atoms with Gasteiger partial charge < -0.3 is 18.9 Å². The molecule has 1 heterocycles. The summed E-state index contributed by atoms with van der Waals surface area (Å²) in [5, 5.41) is 0. The van der Waals surface area contributed by atoms with Gasteiger partial charge in [-0.2, -0.15) is 0 Å². The summed E-state index contributed by atoms with van der Waals surface area (Å²) in [5.41, 5.74) is 3.33. The Morgan fingerprint density at radius 3 is 1.18 bits per heavy atom. The van der Waals surface area contributed by atoms with Crippen molar-refractivity contribution in [1.29, 1.82) is 0 Å². The minimum atomic E-state index is 0.502. The third kappa shape index (κ3) is 6.79. The quantitative estimate of drug-likeness (QED) is 0.253. The van der Waals surface area contributed by atoms with Crippen LogP contribution in [0.4, 0.5) is 11.4 Å². The molecule has 0 spiro atoms. The summed E-state index contributed by atoms with van der Waals surface area (Å²) in [5.74, 6) is 3.01. The largest absolute Gasteiger partial charge is 0.493 e. The van der Waals surface area contributed by atoms with Crippen LogP contribution in [-0.2, 0) is 0 Å². The zero-order chi connectivity index (χ0) is 25.8. The van der Waals surface area contributed by atoms with Gasteiger partial charge in [-0.1, -0.05) is 48.5 Å². The Labute approximate surface area is 223 Å². The number of fused-ring (bicyclic) bond motifs is 4. The van der Waals surface area contributed by atoms with Crippen molar-refractivity contribution >= 4 is 23.8 Å². The average molecular weight is 507 g/mol. The highest BCUT2D eigenvalue weighted by Crippen LogP contribution is 2.29. The summed E-state index contributed by atoms with van der Waals surface area (Å²) in [4.78, 5) is 9.39. The Bertz CT molecular complexity index is 1190. The van der Waals surface area contributed by atoms with Crippen LogP contribution in [0.3, 0.4) is 0 Å². The molecule has 4 aromatic rings. The van der Waals surface area contributed by atoms with E-state index in [0.29, 0.717) is 32.8 Å². The highest BCUT2D eigenvalue weighted by molar-refractivity contribution is 5.86. The summed E-state index contributed by atoms with van der Waals surface area (Å²) >= 11 is 0. The Kier molecular flexibility index (Phi) is 8.65. The molecule has 0 aliphatic carbocycles. The van der Waals surface area contributed by atoms with Gasteiger partial charge in [0.2, 0.25) is 0 Å². The van der Waals surface area contributed by atoms with Gasteiger partial charge >= 0.3 is 0 Å². The van der Waals surface area contributed by atoms with E-state index in [2.05, 4.69) is 0 Å². The van der Waals surface area contributed by atoms with Gasteiger partial charge in [0.15, 0.2) is 0 Å². The van der Waals surface area contributed by atoms with Gasteiger partial charge in [-0.25, -0.2) is 0 Å². The molecular formula is C32H30N2O4. The minimum absolute atomic E-state index is 0.502. The molecule has 0 saturated carbocycles. The maximum Gasteiger partial charge on any atom is 0.144 e. The molecule has 192 valence electrons. The summed E-state index contributed by atoms with van der Waals surface area (Å²) in [6.07, 6.45) is 5.07. The third-order valence-corrected chi connectivity index (χ3v) is 5.86. The fourth-order valence-corrected chi connectivity index (χ4v) is 3.93. The van der Waals surface area contributed by atoms with Crippen molar-refractivity contribution in [2.75, 3.05) is 26.4 Å². The van der Waals surface area contributed by atoms with Crippen molar-refractivity contribution in [3.05, 3.63) is 108 Å². The first kappa shape index (κ1) is 25.1. The lowest BCUT2D eigenvalue weighted by atomic mass is 10.2. The monoisotopic (exact) mass is 506 g/mol. The number of nitrogens with zero attached hydrogens (tertiary/aromatic N) is 2. The maximum absolute atomic E-state index is 6.07. The SMILES string of the molecule is C1=Nc2ccccc2OCCCOc2ccccc2N=Cc2ccccc2OCCCOc2ccccc21. The van der Waals surface area contributed by atoms with Crippen LogP contribution >= 0.6 is 0 Å². The standard InChI is InChI=1S/C32H30N2O4/c1-5-15-29-25(11-1)23-33-27-13-3-7-17-31(27)37-21-10-22-38-32-18-8-4-14-28(32)34-24-26-12-2-6-16-30(26)36-20-9-19-35-29/h1-8,11-18,23-24H,9-10,19-22H2. The van der Waals surface area contributed by atoms with Gasteiger partial charge in [-0.3, -0.25) is 9.98 Å². The molecule has 6 heteroatoms. The number of ether oxygens (including phenoxy) is 4.